The normalized spacial score (nSPS) is 14.4. The zero-order chi connectivity index (χ0) is 16.9. The molecule has 0 bridgehead atoms. The van der Waals surface area contributed by atoms with Crippen molar-refractivity contribution < 1.29 is 9.21 Å². The van der Waals surface area contributed by atoms with Gasteiger partial charge in [-0.2, -0.15) is 0 Å². The maximum Gasteiger partial charge on any atom is 0.315 e. The first-order chi connectivity index (χ1) is 11.7. The van der Waals surface area contributed by atoms with Crippen molar-refractivity contribution in [3.8, 4) is 11.5 Å². The highest BCUT2D eigenvalue weighted by atomic mass is 35.5. The van der Waals surface area contributed by atoms with Crippen LogP contribution in [0.2, 0.25) is 0 Å². The number of aromatic nitrogens is 2. The number of amides is 1. The van der Waals surface area contributed by atoms with E-state index in [2.05, 4.69) is 21.6 Å². The lowest BCUT2D eigenvalue weighted by Crippen LogP contribution is -2.35. The highest BCUT2D eigenvalue weighted by molar-refractivity contribution is 6.27. The molecule has 0 spiro atoms. The summed E-state index contributed by atoms with van der Waals surface area (Å²) in [7, 11) is 0. The monoisotopic (exact) mass is 346 g/mol. The number of anilines is 1. The average Bonchev–Trinajstić information content (AvgIpc) is 3.10. The Hall–Kier alpha value is -2.34. The Labute approximate surface area is 145 Å². The number of nitrogens with one attached hydrogen (secondary N) is 1. The molecule has 2 heterocycles. The van der Waals surface area contributed by atoms with Gasteiger partial charge in [-0.3, -0.25) is 4.79 Å². The van der Waals surface area contributed by atoms with Gasteiger partial charge in [-0.1, -0.05) is 23.3 Å². The molecule has 1 aromatic heterocycles. The molecule has 0 aliphatic carbocycles. The third-order valence-electron chi connectivity index (χ3n) is 3.93. The Bertz CT molecular complexity index is 739. The van der Waals surface area contributed by atoms with E-state index in [0.29, 0.717) is 25.0 Å². The van der Waals surface area contributed by atoms with Gasteiger partial charge in [0.1, 0.15) is 5.88 Å². The van der Waals surface area contributed by atoms with Crippen molar-refractivity contribution in [2.75, 3.05) is 30.8 Å². The minimum Gasteiger partial charge on any atom is -0.403 e. The highest BCUT2D eigenvalue weighted by Gasteiger charge is 2.17. The Morgan fingerprint density at radius 1 is 1.29 bits per heavy atom. The molecule has 126 valence electrons. The molecule has 0 atom stereocenters. The van der Waals surface area contributed by atoms with E-state index in [4.69, 9.17) is 16.0 Å². The van der Waals surface area contributed by atoms with E-state index >= 15 is 0 Å². The summed E-state index contributed by atoms with van der Waals surface area (Å²) in [6, 6.07) is 8.44. The second-order valence-corrected chi connectivity index (χ2v) is 5.74. The van der Waals surface area contributed by atoms with Crippen molar-refractivity contribution in [3.63, 3.8) is 0 Å². The number of carbonyl (C=O) groups excluding carboxylic acids is 1. The van der Waals surface area contributed by atoms with Gasteiger partial charge in [-0.15, -0.1) is 16.7 Å². The largest absolute Gasteiger partial charge is 0.403 e. The van der Waals surface area contributed by atoms with Crippen molar-refractivity contribution in [2.45, 2.75) is 13.3 Å². The number of benzene rings is 1. The van der Waals surface area contributed by atoms with Gasteiger partial charge in [0, 0.05) is 25.2 Å². The summed E-state index contributed by atoms with van der Waals surface area (Å²) in [5.41, 5.74) is 3.26. The molecule has 1 N–H and O–H groups in total. The summed E-state index contributed by atoms with van der Waals surface area (Å²) in [6.45, 7) is 4.02. The maximum atomic E-state index is 11.6. The van der Waals surface area contributed by atoms with Crippen LogP contribution < -0.4 is 5.32 Å². The van der Waals surface area contributed by atoms with Crippen LogP contribution >= 0.6 is 11.6 Å². The topological polar surface area (TPSA) is 71.3 Å². The van der Waals surface area contributed by atoms with Crippen molar-refractivity contribution >= 4 is 29.1 Å². The summed E-state index contributed by atoms with van der Waals surface area (Å²) in [5.74, 6) is 0.515. The molecule has 6 nitrogen and oxygen atoms in total. The van der Waals surface area contributed by atoms with Crippen LogP contribution in [0.3, 0.4) is 0 Å². The molecular weight excluding hydrogens is 328 g/mol. The molecule has 3 rings (SSSR count). The number of hydrogen-bond acceptors (Lipinski definition) is 5. The van der Waals surface area contributed by atoms with E-state index in [1.807, 2.05) is 31.2 Å². The minimum absolute atomic E-state index is 0.0183. The number of carbonyl (C=O) groups is 1. The fourth-order valence-electron chi connectivity index (χ4n) is 2.63. The Balaban J connectivity index is 1.70. The zero-order valence-corrected chi connectivity index (χ0v) is 14.2. The van der Waals surface area contributed by atoms with Crippen molar-refractivity contribution in [3.05, 3.63) is 35.9 Å². The lowest BCUT2D eigenvalue weighted by molar-refractivity contribution is -0.128. The van der Waals surface area contributed by atoms with Gasteiger partial charge in [-0.25, -0.2) is 0 Å². The predicted octanol–water partition coefficient (Wildman–Crippen LogP) is 3.02. The lowest BCUT2D eigenvalue weighted by Gasteiger charge is -2.26. The van der Waals surface area contributed by atoms with Gasteiger partial charge >= 0.3 is 6.01 Å². The van der Waals surface area contributed by atoms with Crippen LogP contribution in [-0.2, 0) is 4.79 Å². The molecule has 1 aliphatic heterocycles. The molecule has 0 saturated heterocycles. The van der Waals surface area contributed by atoms with Gasteiger partial charge in [0.25, 0.3) is 0 Å². The Morgan fingerprint density at radius 3 is 2.67 bits per heavy atom. The van der Waals surface area contributed by atoms with E-state index in [-0.39, 0.29) is 11.8 Å². The van der Waals surface area contributed by atoms with Gasteiger partial charge in [0.15, 0.2) is 0 Å². The molecule has 1 amide bonds. The van der Waals surface area contributed by atoms with E-state index in [1.165, 1.54) is 5.57 Å². The summed E-state index contributed by atoms with van der Waals surface area (Å²) < 4.78 is 5.54. The van der Waals surface area contributed by atoms with Crippen LogP contribution in [0, 0.1) is 0 Å². The second kappa shape index (κ2) is 7.49. The smallest absolute Gasteiger partial charge is 0.315 e. The molecule has 1 aliphatic rings. The number of alkyl halides is 1. The second-order valence-electron chi connectivity index (χ2n) is 5.47. The van der Waals surface area contributed by atoms with E-state index in [0.717, 1.165) is 24.1 Å². The molecule has 1 aromatic carbocycles. The average molecular weight is 347 g/mol. The molecule has 24 heavy (non-hydrogen) atoms. The third-order valence-corrected chi connectivity index (χ3v) is 4.16. The Morgan fingerprint density at radius 2 is 2.04 bits per heavy atom. The minimum atomic E-state index is -0.0183. The van der Waals surface area contributed by atoms with E-state index < -0.39 is 0 Å². The maximum absolute atomic E-state index is 11.6. The van der Waals surface area contributed by atoms with Gasteiger partial charge in [-0.05, 0) is 36.6 Å². The van der Waals surface area contributed by atoms with Crippen LogP contribution in [0.5, 0.6) is 0 Å². The number of rotatable bonds is 5. The summed E-state index contributed by atoms with van der Waals surface area (Å²) in [6.07, 6.45) is 2.91. The summed E-state index contributed by atoms with van der Waals surface area (Å²) >= 11 is 5.60. The SMILES string of the molecule is CCNc1nnc(-c2ccc(C3=CCN(C(=O)CCl)CC3)cc2)o1. The van der Waals surface area contributed by atoms with Crippen LogP contribution in [-0.4, -0.2) is 46.5 Å². The van der Waals surface area contributed by atoms with E-state index in [9.17, 15) is 4.79 Å². The quantitative estimate of drug-likeness (QED) is 0.842. The molecule has 0 unspecified atom stereocenters. The number of nitrogens with zero attached hydrogens (tertiary/aromatic N) is 3. The standard InChI is InChI=1S/C17H19ClN4O2/c1-2-19-17-21-20-16(24-17)14-5-3-12(4-6-14)13-7-9-22(10-8-13)15(23)11-18/h3-7H,2,8-11H2,1H3,(H,19,21). The fraction of sp³-hybridized carbons (Fsp3) is 0.353. The number of halogens is 1. The van der Waals surface area contributed by atoms with Crippen LogP contribution in [0.4, 0.5) is 6.01 Å². The first-order valence-corrected chi connectivity index (χ1v) is 8.45. The van der Waals surface area contributed by atoms with Gasteiger partial charge < -0.3 is 14.6 Å². The van der Waals surface area contributed by atoms with Crippen LogP contribution in [0.15, 0.2) is 34.8 Å². The van der Waals surface area contributed by atoms with E-state index in [1.54, 1.807) is 4.90 Å². The molecule has 0 fully saturated rings. The molecule has 0 radical (unpaired) electrons. The first kappa shape index (κ1) is 16.5. The molecule has 7 heteroatoms. The molecule has 2 aromatic rings. The lowest BCUT2D eigenvalue weighted by atomic mass is 9.98. The number of hydrogen-bond donors (Lipinski definition) is 1. The first-order valence-electron chi connectivity index (χ1n) is 7.92. The zero-order valence-electron chi connectivity index (χ0n) is 13.5. The highest BCUT2D eigenvalue weighted by Crippen LogP contribution is 2.26. The van der Waals surface area contributed by atoms with Crippen LogP contribution in [0.25, 0.3) is 17.0 Å². The predicted molar refractivity (Wildman–Crippen MR) is 93.8 cm³/mol. The van der Waals surface area contributed by atoms with Crippen molar-refractivity contribution in [1.82, 2.24) is 15.1 Å². The van der Waals surface area contributed by atoms with Crippen molar-refractivity contribution in [1.29, 1.82) is 0 Å². The summed E-state index contributed by atoms with van der Waals surface area (Å²) in [5, 5.41) is 11.0. The van der Waals surface area contributed by atoms with Gasteiger partial charge in [0.05, 0.1) is 0 Å². The third kappa shape index (κ3) is 3.59. The van der Waals surface area contributed by atoms with Crippen molar-refractivity contribution in [2.24, 2.45) is 0 Å². The Kier molecular flexibility index (Phi) is 5.15. The molecule has 0 saturated carbocycles. The van der Waals surface area contributed by atoms with Gasteiger partial charge in [0.2, 0.25) is 11.8 Å². The summed E-state index contributed by atoms with van der Waals surface area (Å²) in [4.78, 5) is 13.4. The van der Waals surface area contributed by atoms with Crippen LogP contribution in [0.1, 0.15) is 18.9 Å². The fourth-order valence-corrected chi connectivity index (χ4v) is 2.80. The molecular formula is C17H19ClN4O2.